The molecule has 2 N–H and O–H groups in total. The molecule has 16 heavy (non-hydrogen) atoms. The summed E-state index contributed by atoms with van der Waals surface area (Å²) in [6, 6.07) is 4.86. The Morgan fingerprint density at radius 2 is 2.31 bits per heavy atom. The average Bonchev–Trinajstić information content (AvgIpc) is 2.81. The molecule has 1 aliphatic carbocycles. The van der Waals surface area contributed by atoms with Gasteiger partial charge in [-0.15, -0.1) is 11.3 Å². The standard InChI is InChI=1S/C14H23NS/c1-2-11-5-8-14(15)12(10-11)6-7-13-4-3-9-16-13/h3-4,9,11-12,14H,2,5-8,10,15H2,1H3. The molecule has 0 amide bonds. The first kappa shape index (κ1) is 12.1. The third-order valence-corrected chi connectivity index (χ3v) is 5.00. The second-order valence-corrected chi connectivity index (χ2v) is 6.16. The van der Waals surface area contributed by atoms with Gasteiger partial charge in [0.1, 0.15) is 0 Å². The van der Waals surface area contributed by atoms with Crippen molar-refractivity contribution >= 4 is 11.3 Å². The lowest BCUT2D eigenvalue weighted by atomic mass is 9.75. The molecule has 1 nitrogen and oxygen atoms in total. The Morgan fingerprint density at radius 1 is 1.44 bits per heavy atom. The molecule has 1 aromatic heterocycles. The van der Waals surface area contributed by atoms with Gasteiger partial charge in [-0.2, -0.15) is 0 Å². The molecule has 0 radical (unpaired) electrons. The van der Waals surface area contributed by atoms with Crippen molar-refractivity contribution in [3.8, 4) is 0 Å². The van der Waals surface area contributed by atoms with E-state index in [1.54, 1.807) is 0 Å². The third kappa shape index (κ3) is 3.08. The second kappa shape index (κ2) is 5.83. The van der Waals surface area contributed by atoms with Gasteiger partial charge in [0.05, 0.1) is 0 Å². The number of rotatable bonds is 4. The molecule has 1 fully saturated rings. The van der Waals surface area contributed by atoms with E-state index in [1.807, 2.05) is 11.3 Å². The van der Waals surface area contributed by atoms with E-state index in [9.17, 15) is 0 Å². The van der Waals surface area contributed by atoms with Crippen LogP contribution in [0, 0.1) is 11.8 Å². The van der Waals surface area contributed by atoms with E-state index in [-0.39, 0.29) is 0 Å². The van der Waals surface area contributed by atoms with Crippen LogP contribution in [0.1, 0.15) is 43.9 Å². The van der Waals surface area contributed by atoms with Gasteiger partial charge < -0.3 is 5.73 Å². The molecule has 0 spiro atoms. The Morgan fingerprint density at radius 3 is 3.00 bits per heavy atom. The molecular formula is C14H23NS. The molecule has 3 unspecified atom stereocenters. The smallest absolute Gasteiger partial charge is 0.00674 e. The first-order chi connectivity index (χ1) is 7.79. The zero-order valence-electron chi connectivity index (χ0n) is 10.2. The van der Waals surface area contributed by atoms with Crippen LogP contribution in [0.2, 0.25) is 0 Å². The number of nitrogens with two attached hydrogens (primary N) is 1. The maximum atomic E-state index is 6.24. The van der Waals surface area contributed by atoms with Gasteiger partial charge in [0, 0.05) is 10.9 Å². The van der Waals surface area contributed by atoms with Crippen LogP contribution in [0.4, 0.5) is 0 Å². The minimum Gasteiger partial charge on any atom is -0.327 e. The van der Waals surface area contributed by atoms with Crippen LogP contribution in [0.25, 0.3) is 0 Å². The van der Waals surface area contributed by atoms with Crippen molar-refractivity contribution in [3.63, 3.8) is 0 Å². The fourth-order valence-electron chi connectivity index (χ4n) is 2.87. The normalized spacial score (nSPS) is 30.5. The molecule has 1 heterocycles. The van der Waals surface area contributed by atoms with Crippen LogP contribution in [0.15, 0.2) is 17.5 Å². The lowest BCUT2D eigenvalue weighted by Crippen LogP contribution is -2.36. The summed E-state index contributed by atoms with van der Waals surface area (Å²) in [4.78, 5) is 1.52. The first-order valence-electron chi connectivity index (χ1n) is 6.57. The summed E-state index contributed by atoms with van der Waals surface area (Å²) >= 11 is 1.88. The van der Waals surface area contributed by atoms with Crippen molar-refractivity contribution in [2.24, 2.45) is 17.6 Å². The molecule has 0 aromatic carbocycles. The van der Waals surface area contributed by atoms with Crippen molar-refractivity contribution in [2.75, 3.05) is 0 Å². The first-order valence-corrected chi connectivity index (χ1v) is 7.45. The van der Waals surface area contributed by atoms with Gasteiger partial charge in [-0.1, -0.05) is 19.4 Å². The highest BCUT2D eigenvalue weighted by Crippen LogP contribution is 2.33. The SMILES string of the molecule is CCC1CCC(N)C(CCc2cccs2)C1. The minimum atomic E-state index is 0.461. The Hall–Kier alpha value is -0.340. The van der Waals surface area contributed by atoms with Crippen molar-refractivity contribution in [1.82, 2.24) is 0 Å². The van der Waals surface area contributed by atoms with Crippen LogP contribution in [-0.2, 0) is 6.42 Å². The van der Waals surface area contributed by atoms with Crippen molar-refractivity contribution in [3.05, 3.63) is 22.4 Å². The minimum absolute atomic E-state index is 0.461. The van der Waals surface area contributed by atoms with Crippen molar-refractivity contribution in [1.29, 1.82) is 0 Å². The molecule has 90 valence electrons. The predicted molar refractivity (Wildman–Crippen MR) is 71.7 cm³/mol. The van der Waals surface area contributed by atoms with Crippen LogP contribution < -0.4 is 5.73 Å². The summed E-state index contributed by atoms with van der Waals surface area (Å²) in [6.45, 7) is 2.32. The van der Waals surface area contributed by atoms with Crippen LogP contribution in [0.5, 0.6) is 0 Å². The van der Waals surface area contributed by atoms with E-state index >= 15 is 0 Å². The highest BCUT2D eigenvalue weighted by atomic mass is 32.1. The van der Waals surface area contributed by atoms with Gasteiger partial charge in [-0.25, -0.2) is 0 Å². The van der Waals surface area contributed by atoms with E-state index in [0.717, 1.165) is 11.8 Å². The topological polar surface area (TPSA) is 26.0 Å². The van der Waals surface area contributed by atoms with Gasteiger partial charge in [0.15, 0.2) is 0 Å². The third-order valence-electron chi connectivity index (χ3n) is 4.07. The average molecular weight is 237 g/mol. The molecule has 0 aliphatic heterocycles. The number of thiophene rings is 1. The summed E-state index contributed by atoms with van der Waals surface area (Å²) in [5.41, 5.74) is 6.24. The zero-order valence-corrected chi connectivity index (χ0v) is 11.0. The molecule has 1 aromatic rings. The van der Waals surface area contributed by atoms with Crippen molar-refractivity contribution < 1.29 is 0 Å². The van der Waals surface area contributed by atoms with Crippen LogP contribution in [-0.4, -0.2) is 6.04 Å². The van der Waals surface area contributed by atoms with E-state index in [1.165, 1.54) is 43.4 Å². The molecule has 2 rings (SSSR count). The lowest BCUT2D eigenvalue weighted by Gasteiger charge is -2.33. The molecule has 2 heteroatoms. The molecule has 1 saturated carbocycles. The quantitative estimate of drug-likeness (QED) is 0.846. The van der Waals surface area contributed by atoms with Crippen molar-refractivity contribution in [2.45, 2.75) is 51.5 Å². The Balaban J connectivity index is 1.82. The van der Waals surface area contributed by atoms with Gasteiger partial charge in [-0.3, -0.25) is 0 Å². The molecule has 0 bridgehead atoms. The van der Waals surface area contributed by atoms with E-state index in [2.05, 4.69) is 24.4 Å². The summed E-state index contributed by atoms with van der Waals surface area (Å²) < 4.78 is 0. The fourth-order valence-corrected chi connectivity index (χ4v) is 3.59. The monoisotopic (exact) mass is 237 g/mol. The molecule has 0 saturated heterocycles. The Bertz CT molecular complexity index is 294. The maximum Gasteiger partial charge on any atom is 0.00674 e. The molecule has 3 atom stereocenters. The molecule has 1 aliphatic rings. The van der Waals surface area contributed by atoms with Crippen LogP contribution in [0.3, 0.4) is 0 Å². The summed E-state index contributed by atoms with van der Waals surface area (Å²) in [5.74, 6) is 1.70. The van der Waals surface area contributed by atoms with Gasteiger partial charge in [0.25, 0.3) is 0 Å². The number of hydrogen-bond donors (Lipinski definition) is 1. The van der Waals surface area contributed by atoms with E-state index in [4.69, 9.17) is 5.73 Å². The van der Waals surface area contributed by atoms with Gasteiger partial charge in [-0.05, 0) is 55.4 Å². The molecular weight excluding hydrogens is 214 g/mol. The number of hydrogen-bond acceptors (Lipinski definition) is 2. The van der Waals surface area contributed by atoms with Crippen LogP contribution >= 0.6 is 11.3 Å². The Labute approximate surface area is 103 Å². The fraction of sp³-hybridized carbons (Fsp3) is 0.714. The summed E-state index contributed by atoms with van der Waals surface area (Å²) in [6.07, 6.45) is 7.82. The second-order valence-electron chi connectivity index (χ2n) is 5.13. The van der Waals surface area contributed by atoms with E-state index in [0.29, 0.717) is 6.04 Å². The lowest BCUT2D eigenvalue weighted by molar-refractivity contribution is 0.218. The highest BCUT2D eigenvalue weighted by Gasteiger charge is 2.26. The number of aryl methyl sites for hydroxylation is 1. The predicted octanol–water partition coefficient (Wildman–Crippen LogP) is 3.83. The Kier molecular flexibility index (Phi) is 4.42. The summed E-state index contributed by atoms with van der Waals surface area (Å²) in [5, 5.41) is 2.17. The van der Waals surface area contributed by atoms with Gasteiger partial charge >= 0.3 is 0 Å². The summed E-state index contributed by atoms with van der Waals surface area (Å²) in [7, 11) is 0. The largest absolute Gasteiger partial charge is 0.327 e. The van der Waals surface area contributed by atoms with E-state index < -0.39 is 0 Å². The highest BCUT2D eigenvalue weighted by molar-refractivity contribution is 7.09. The zero-order chi connectivity index (χ0) is 11.4. The van der Waals surface area contributed by atoms with Gasteiger partial charge in [0.2, 0.25) is 0 Å². The maximum absolute atomic E-state index is 6.24.